The lowest BCUT2D eigenvalue weighted by atomic mass is 10.1. The predicted molar refractivity (Wildman–Crippen MR) is 97.3 cm³/mol. The van der Waals surface area contributed by atoms with Gasteiger partial charge in [-0.15, -0.1) is 0 Å². The van der Waals surface area contributed by atoms with Gasteiger partial charge in [0.1, 0.15) is 5.82 Å². The normalized spacial score (nSPS) is 11.6. The van der Waals surface area contributed by atoms with Crippen LogP contribution in [-0.2, 0) is 19.6 Å². The predicted octanol–water partition coefficient (Wildman–Crippen LogP) is 2.75. The van der Waals surface area contributed by atoms with Crippen molar-refractivity contribution in [2.24, 2.45) is 4.99 Å². The number of rotatable bonds is 6. The fraction of sp³-hybridized carbons (Fsp3) is 0.316. The second-order valence-corrected chi connectivity index (χ2v) is 5.93. The molecule has 0 heterocycles. The van der Waals surface area contributed by atoms with Crippen molar-refractivity contribution in [1.82, 2.24) is 15.5 Å². The van der Waals surface area contributed by atoms with Gasteiger partial charge in [0.25, 0.3) is 0 Å². The first-order valence-electron chi connectivity index (χ1n) is 7.99. The molecule has 0 radical (unpaired) electrons. The summed E-state index contributed by atoms with van der Waals surface area (Å²) in [5.74, 6) is 0.552. The first kappa shape index (κ1) is 17.9. The Morgan fingerprint density at radius 2 is 1.67 bits per heavy atom. The van der Waals surface area contributed by atoms with Crippen LogP contribution in [0.2, 0.25) is 0 Å². The van der Waals surface area contributed by atoms with Gasteiger partial charge in [-0.05, 0) is 37.4 Å². The second kappa shape index (κ2) is 9.03. The fourth-order valence-electron chi connectivity index (χ4n) is 2.39. The molecule has 4 nitrogen and oxygen atoms in total. The van der Waals surface area contributed by atoms with E-state index in [1.807, 2.05) is 43.3 Å². The molecule has 0 aliphatic carbocycles. The Morgan fingerprint density at radius 3 is 2.29 bits per heavy atom. The Hall–Kier alpha value is -2.40. The van der Waals surface area contributed by atoms with E-state index in [1.165, 1.54) is 11.6 Å². The van der Waals surface area contributed by atoms with Crippen LogP contribution in [0, 0.1) is 5.82 Å². The van der Waals surface area contributed by atoms with Crippen molar-refractivity contribution in [3.8, 4) is 0 Å². The summed E-state index contributed by atoms with van der Waals surface area (Å²) in [5.41, 5.74) is 2.91. The average Bonchev–Trinajstić information content (AvgIpc) is 2.58. The molecule has 24 heavy (non-hydrogen) atoms. The van der Waals surface area contributed by atoms with Crippen LogP contribution in [0.25, 0.3) is 0 Å². The first-order chi connectivity index (χ1) is 11.6. The highest BCUT2D eigenvalue weighted by Gasteiger charge is 2.06. The average molecular weight is 328 g/mol. The van der Waals surface area contributed by atoms with Crippen molar-refractivity contribution >= 4 is 5.96 Å². The smallest absolute Gasteiger partial charge is 0.191 e. The monoisotopic (exact) mass is 328 g/mol. The van der Waals surface area contributed by atoms with E-state index >= 15 is 0 Å². The molecule has 0 unspecified atom stereocenters. The van der Waals surface area contributed by atoms with Crippen molar-refractivity contribution in [3.05, 3.63) is 71.0 Å². The van der Waals surface area contributed by atoms with E-state index in [0.29, 0.717) is 25.2 Å². The molecule has 0 saturated heterocycles. The lowest BCUT2D eigenvalue weighted by Gasteiger charge is -2.14. The summed E-state index contributed by atoms with van der Waals surface area (Å²) in [6.07, 6.45) is 0. The van der Waals surface area contributed by atoms with E-state index in [4.69, 9.17) is 0 Å². The lowest BCUT2D eigenvalue weighted by Crippen LogP contribution is -2.36. The van der Waals surface area contributed by atoms with Crippen LogP contribution in [-0.4, -0.2) is 32.0 Å². The van der Waals surface area contributed by atoms with Gasteiger partial charge in [0, 0.05) is 32.2 Å². The highest BCUT2D eigenvalue weighted by molar-refractivity contribution is 5.79. The summed E-state index contributed by atoms with van der Waals surface area (Å²) in [6.45, 7) is 1.88. The topological polar surface area (TPSA) is 39.7 Å². The zero-order valence-electron chi connectivity index (χ0n) is 14.5. The van der Waals surface area contributed by atoms with Gasteiger partial charge in [-0.3, -0.25) is 4.99 Å². The standard InChI is InChI=1S/C19H25FN4/c1-21-19(22-12-15-7-5-4-6-8-15)23-13-16-9-10-18(20)17(11-16)14-24(2)3/h4-11H,12-14H2,1-3H3,(H2,21,22,23). The quantitative estimate of drug-likeness (QED) is 0.633. The second-order valence-electron chi connectivity index (χ2n) is 5.93. The third-order valence-corrected chi connectivity index (χ3v) is 3.58. The van der Waals surface area contributed by atoms with Crippen LogP contribution >= 0.6 is 0 Å². The fourth-order valence-corrected chi connectivity index (χ4v) is 2.39. The zero-order chi connectivity index (χ0) is 17.4. The summed E-state index contributed by atoms with van der Waals surface area (Å²) in [5, 5.41) is 6.53. The minimum Gasteiger partial charge on any atom is -0.352 e. The molecule has 0 amide bonds. The van der Waals surface area contributed by atoms with Gasteiger partial charge < -0.3 is 15.5 Å². The zero-order valence-corrected chi connectivity index (χ0v) is 14.5. The number of hydrogen-bond acceptors (Lipinski definition) is 2. The maximum atomic E-state index is 13.8. The van der Waals surface area contributed by atoms with Crippen LogP contribution in [0.1, 0.15) is 16.7 Å². The van der Waals surface area contributed by atoms with Crippen molar-refractivity contribution in [3.63, 3.8) is 0 Å². The summed E-state index contributed by atoms with van der Waals surface area (Å²) in [4.78, 5) is 6.17. The lowest BCUT2D eigenvalue weighted by molar-refractivity contribution is 0.392. The van der Waals surface area contributed by atoms with Gasteiger partial charge in [-0.2, -0.15) is 0 Å². The van der Waals surface area contributed by atoms with Crippen molar-refractivity contribution in [2.75, 3.05) is 21.1 Å². The van der Waals surface area contributed by atoms with Gasteiger partial charge in [0.2, 0.25) is 0 Å². The van der Waals surface area contributed by atoms with E-state index in [9.17, 15) is 4.39 Å². The molecule has 2 aromatic rings. The Labute approximate surface area is 143 Å². The van der Waals surface area contributed by atoms with Gasteiger partial charge in [-0.1, -0.05) is 36.4 Å². The van der Waals surface area contributed by atoms with Crippen molar-refractivity contribution in [1.29, 1.82) is 0 Å². The maximum Gasteiger partial charge on any atom is 0.191 e. The van der Waals surface area contributed by atoms with Gasteiger partial charge in [-0.25, -0.2) is 4.39 Å². The van der Waals surface area contributed by atoms with E-state index in [-0.39, 0.29) is 5.82 Å². The van der Waals surface area contributed by atoms with Crippen LogP contribution in [0.3, 0.4) is 0 Å². The molecule has 0 saturated carbocycles. The molecule has 0 spiro atoms. The minimum absolute atomic E-state index is 0.168. The summed E-state index contributed by atoms with van der Waals surface area (Å²) < 4.78 is 13.8. The van der Waals surface area contributed by atoms with Gasteiger partial charge in [0.05, 0.1) is 0 Å². The van der Waals surface area contributed by atoms with Crippen LogP contribution in [0.4, 0.5) is 4.39 Å². The summed E-state index contributed by atoms with van der Waals surface area (Å²) in [7, 11) is 5.60. The van der Waals surface area contributed by atoms with Crippen molar-refractivity contribution in [2.45, 2.75) is 19.6 Å². The number of guanidine groups is 1. The summed E-state index contributed by atoms with van der Waals surface area (Å²) >= 11 is 0. The SMILES string of the molecule is CN=C(NCc1ccccc1)NCc1ccc(F)c(CN(C)C)c1. The largest absolute Gasteiger partial charge is 0.352 e. The Morgan fingerprint density at radius 1 is 1.00 bits per heavy atom. The van der Waals surface area contributed by atoms with E-state index in [1.54, 1.807) is 13.1 Å². The Kier molecular flexibility index (Phi) is 6.75. The van der Waals surface area contributed by atoms with E-state index in [0.717, 1.165) is 11.5 Å². The molecule has 2 rings (SSSR count). The van der Waals surface area contributed by atoms with Crippen LogP contribution in [0.15, 0.2) is 53.5 Å². The van der Waals surface area contributed by atoms with Gasteiger partial charge >= 0.3 is 0 Å². The Bertz CT molecular complexity index is 668. The molecule has 0 bridgehead atoms. The number of aliphatic imine (C=N–C) groups is 1. The molecule has 0 aliphatic rings. The third-order valence-electron chi connectivity index (χ3n) is 3.58. The Balaban J connectivity index is 1.91. The molecule has 5 heteroatoms. The molecule has 2 N–H and O–H groups in total. The minimum atomic E-state index is -0.168. The molecule has 0 fully saturated rings. The summed E-state index contributed by atoms with van der Waals surface area (Å²) in [6, 6.07) is 15.4. The molecule has 0 aromatic heterocycles. The highest BCUT2D eigenvalue weighted by Crippen LogP contribution is 2.12. The number of halogens is 1. The van der Waals surface area contributed by atoms with Crippen LogP contribution in [0.5, 0.6) is 0 Å². The molecular formula is C19H25FN4. The van der Waals surface area contributed by atoms with Crippen LogP contribution < -0.4 is 10.6 Å². The number of benzene rings is 2. The number of nitrogens with zero attached hydrogens (tertiary/aromatic N) is 2. The maximum absolute atomic E-state index is 13.8. The highest BCUT2D eigenvalue weighted by atomic mass is 19.1. The third kappa shape index (κ3) is 5.66. The number of hydrogen-bond donors (Lipinski definition) is 2. The van der Waals surface area contributed by atoms with E-state index < -0.39 is 0 Å². The molecular weight excluding hydrogens is 303 g/mol. The molecule has 128 valence electrons. The van der Waals surface area contributed by atoms with Crippen molar-refractivity contribution < 1.29 is 4.39 Å². The molecule has 0 aliphatic heterocycles. The molecule has 2 aromatic carbocycles. The van der Waals surface area contributed by atoms with Gasteiger partial charge in [0.15, 0.2) is 5.96 Å². The van der Waals surface area contributed by atoms with E-state index in [2.05, 4.69) is 27.8 Å². The number of nitrogens with one attached hydrogen (secondary N) is 2. The molecule has 0 atom stereocenters. The first-order valence-corrected chi connectivity index (χ1v) is 7.99.